The first-order valence-corrected chi connectivity index (χ1v) is 4.67. The van der Waals surface area contributed by atoms with E-state index in [1.54, 1.807) is 6.92 Å². The number of hydrogen-bond donors (Lipinski definition) is 2. The molecule has 0 aliphatic heterocycles. The second-order valence-corrected chi connectivity index (χ2v) is 3.19. The zero-order valence-electron chi connectivity index (χ0n) is 8.26. The van der Waals surface area contributed by atoms with Gasteiger partial charge in [-0.05, 0) is 19.8 Å². The van der Waals surface area contributed by atoms with Gasteiger partial charge in [-0.1, -0.05) is 20.3 Å². The maximum atomic E-state index is 11.2. The predicted octanol–water partition coefficient (Wildman–Crippen LogP) is 1.03. The molecule has 72 valence electrons. The van der Waals surface area contributed by atoms with Gasteiger partial charge in [-0.15, -0.1) is 0 Å². The van der Waals surface area contributed by atoms with Crippen LogP contribution in [-0.2, 0) is 4.79 Å². The smallest absolute Gasteiger partial charge is 0.236 e. The molecule has 0 spiro atoms. The summed E-state index contributed by atoms with van der Waals surface area (Å²) in [7, 11) is 0. The van der Waals surface area contributed by atoms with Gasteiger partial charge in [0.15, 0.2) is 0 Å². The van der Waals surface area contributed by atoms with Crippen LogP contribution >= 0.6 is 0 Å². The van der Waals surface area contributed by atoms with E-state index in [1.165, 1.54) is 0 Å². The molecule has 3 heteroatoms. The van der Waals surface area contributed by atoms with Crippen molar-refractivity contribution in [1.82, 2.24) is 5.32 Å². The van der Waals surface area contributed by atoms with Crippen molar-refractivity contribution in [2.45, 2.75) is 52.1 Å². The van der Waals surface area contributed by atoms with Gasteiger partial charge >= 0.3 is 0 Å². The van der Waals surface area contributed by atoms with Crippen LogP contribution in [0, 0.1) is 0 Å². The average Bonchev–Trinajstić information content (AvgIpc) is 2.03. The minimum Gasteiger partial charge on any atom is -0.352 e. The van der Waals surface area contributed by atoms with Gasteiger partial charge in [0.25, 0.3) is 0 Å². The summed E-state index contributed by atoms with van der Waals surface area (Å²) >= 11 is 0. The zero-order valence-corrected chi connectivity index (χ0v) is 8.26. The standard InChI is InChI=1S/C9H20N2O/c1-4-6-8(5-2)11-9(12)7(3)10/h7-8H,4-6,10H2,1-3H3,(H,11,12). The molecule has 0 aliphatic rings. The Morgan fingerprint density at radius 2 is 2.08 bits per heavy atom. The first-order valence-electron chi connectivity index (χ1n) is 4.67. The fourth-order valence-electron chi connectivity index (χ4n) is 1.06. The Morgan fingerprint density at radius 1 is 1.50 bits per heavy atom. The molecule has 0 aromatic heterocycles. The lowest BCUT2D eigenvalue weighted by molar-refractivity contribution is -0.122. The Kier molecular flexibility index (Phi) is 5.72. The molecule has 0 heterocycles. The molecular weight excluding hydrogens is 152 g/mol. The summed E-state index contributed by atoms with van der Waals surface area (Å²) in [6.07, 6.45) is 3.11. The van der Waals surface area contributed by atoms with Crippen LogP contribution < -0.4 is 11.1 Å². The van der Waals surface area contributed by atoms with Gasteiger partial charge in [-0.3, -0.25) is 4.79 Å². The summed E-state index contributed by atoms with van der Waals surface area (Å²) in [4.78, 5) is 11.2. The van der Waals surface area contributed by atoms with E-state index < -0.39 is 6.04 Å². The molecule has 0 aromatic rings. The quantitative estimate of drug-likeness (QED) is 0.650. The Bertz CT molecular complexity index is 134. The maximum absolute atomic E-state index is 11.2. The number of rotatable bonds is 5. The molecule has 0 fully saturated rings. The molecule has 2 atom stereocenters. The number of carbonyl (C=O) groups is 1. The minimum absolute atomic E-state index is 0.0460. The molecule has 0 bridgehead atoms. The highest BCUT2D eigenvalue weighted by atomic mass is 16.2. The number of hydrogen-bond acceptors (Lipinski definition) is 2. The van der Waals surface area contributed by atoms with Gasteiger partial charge < -0.3 is 11.1 Å². The van der Waals surface area contributed by atoms with E-state index in [0.29, 0.717) is 6.04 Å². The first kappa shape index (κ1) is 11.4. The van der Waals surface area contributed by atoms with Crippen molar-refractivity contribution in [3.63, 3.8) is 0 Å². The Morgan fingerprint density at radius 3 is 2.42 bits per heavy atom. The van der Waals surface area contributed by atoms with E-state index in [0.717, 1.165) is 19.3 Å². The van der Waals surface area contributed by atoms with Crippen molar-refractivity contribution in [2.75, 3.05) is 0 Å². The Balaban J connectivity index is 3.77. The van der Waals surface area contributed by atoms with E-state index >= 15 is 0 Å². The van der Waals surface area contributed by atoms with Crippen molar-refractivity contribution in [1.29, 1.82) is 0 Å². The fraction of sp³-hybridized carbons (Fsp3) is 0.889. The second-order valence-electron chi connectivity index (χ2n) is 3.19. The molecule has 0 radical (unpaired) electrons. The summed E-state index contributed by atoms with van der Waals surface area (Å²) in [6.45, 7) is 5.89. The van der Waals surface area contributed by atoms with Crippen LogP contribution in [0.2, 0.25) is 0 Å². The van der Waals surface area contributed by atoms with Gasteiger partial charge in [0, 0.05) is 6.04 Å². The van der Waals surface area contributed by atoms with E-state index in [1.807, 2.05) is 0 Å². The molecular formula is C9H20N2O. The van der Waals surface area contributed by atoms with Gasteiger partial charge in [0.05, 0.1) is 6.04 Å². The van der Waals surface area contributed by atoms with Gasteiger partial charge in [-0.2, -0.15) is 0 Å². The number of nitrogens with one attached hydrogen (secondary N) is 1. The normalized spacial score (nSPS) is 15.3. The lowest BCUT2D eigenvalue weighted by Crippen LogP contribution is -2.43. The second kappa shape index (κ2) is 6.00. The van der Waals surface area contributed by atoms with E-state index in [2.05, 4.69) is 19.2 Å². The summed E-state index contributed by atoms with van der Waals surface area (Å²) in [5.41, 5.74) is 5.42. The van der Waals surface area contributed by atoms with E-state index in [-0.39, 0.29) is 5.91 Å². The summed E-state index contributed by atoms with van der Waals surface area (Å²) in [6, 6.07) is -0.0931. The van der Waals surface area contributed by atoms with Crippen LogP contribution in [0.15, 0.2) is 0 Å². The van der Waals surface area contributed by atoms with Gasteiger partial charge in [-0.25, -0.2) is 0 Å². The van der Waals surface area contributed by atoms with E-state index in [9.17, 15) is 4.79 Å². The molecule has 1 amide bonds. The van der Waals surface area contributed by atoms with Crippen molar-refractivity contribution in [3.8, 4) is 0 Å². The molecule has 0 saturated heterocycles. The zero-order chi connectivity index (χ0) is 9.56. The SMILES string of the molecule is CCCC(CC)NC(=O)C(C)N. The van der Waals surface area contributed by atoms with Crippen LogP contribution in [0.4, 0.5) is 0 Å². The fourth-order valence-corrected chi connectivity index (χ4v) is 1.06. The highest BCUT2D eigenvalue weighted by Crippen LogP contribution is 2.00. The highest BCUT2D eigenvalue weighted by Gasteiger charge is 2.11. The first-order chi connectivity index (χ1) is 5.61. The van der Waals surface area contributed by atoms with Crippen molar-refractivity contribution >= 4 is 5.91 Å². The number of amides is 1. The van der Waals surface area contributed by atoms with Crippen molar-refractivity contribution in [2.24, 2.45) is 5.73 Å². The summed E-state index contributed by atoms with van der Waals surface area (Å²) in [5, 5.41) is 2.90. The van der Waals surface area contributed by atoms with Crippen LogP contribution in [0.3, 0.4) is 0 Å². The molecule has 3 nitrogen and oxygen atoms in total. The molecule has 0 saturated carbocycles. The average molecular weight is 172 g/mol. The summed E-state index contributed by atoms with van der Waals surface area (Å²) < 4.78 is 0. The highest BCUT2D eigenvalue weighted by molar-refractivity contribution is 5.81. The molecule has 0 aliphatic carbocycles. The Labute approximate surface area is 74.7 Å². The van der Waals surface area contributed by atoms with Crippen LogP contribution in [0.25, 0.3) is 0 Å². The summed E-state index contributed by atoms with van der Waals surface area (Å²) in [5.74, 6) is -0.0460. The minimum atomic E-state index is -0.393. The topological polar surface area (TPSA) is 55.1 Å². The lowest BCUT2D eigenvalue weighted by atomic mass is 10.1. The lowest BCUT2D eigenvalue weighted by Gasteiger charge is -2.17. The van der Waals surface area contributed by atoms with Crippen LogP contribution in [0.5, 0.6) is 0 Å². The Hall–Kier alpha value is -0.570. The number of carbonyl (C=O) groups excluding carboxylic acids is 1. The van der Waals surface area contributed by atoms with Crippen LogP contribution in [-0.4, -0.2) is 18.0 Å². The number of nitrogens with two attached hydrogens (primary N) is 1. The van der Waals surface area contributed by atoms with E-state index in [4.69, 9.17) is 5.73 Å². The van der Waals surface area contributed by atoms with Gasteiger partial charge in [0.1, 0.15) is 0 Å². The largest absolute Gasteiger partial charge is 0.352 e. The van der Waals surface area contributed by atoms with Crippen molar-refractivity contribution in [3.05, 3.63) is 0 Å². The molecule has 12 heavy (non-hydrogen) atoms. The van der Waals surface area contributed by atoms with Crippen molar-refractivity contribution < 1.29 is 4.79 Å². The molecule has 3 N–H and O–H groups in total. The maximum Gasteiger partial charge on any atom is 0.236 e. The monoisotopic (exact) mass is 172 g/mol. The predicted molar refractivity (Wildman–Crippen MR) is 50.8 cm³/mol. The third-order valence-electron chi connectivity index (χ3n) is 1.89. The third kappa shape index (κ3) is 4.34. The third-order valence-corrected chi connectivity index (χ3v) is 1.89. The molecule has 0 aromatic carbocycles. The molecule has 2 unspecified atom stereocenters. The molecule has 0 rings (SSSR count). The van der Waals surface area contributed by atoms with Crippen LogP contribution in [0.1, 0.15) is 40.0 Å². The van der Waals surface area contributed by atoms with Gasteiger partial charge in [0.2, 0.25) is 5.91 Å².